The number of H-pyrrole nitrogens is 2. The van der Waals surface area contributed by atoms with E-state index in [1.807, 2.05) is 0 Å². The van der Waals surface area contributed by atoms with Crippen LogP contribution in [0.4, 0.5) is 0 Å². The Hall–Kier alpha value is -6.44. The molecule has 0 aliphatic rings. The van der Waals surface area contributed by atoms with E-state index in [0.717, 1.165) is 0 Å². The summed E-state index contributed by atoms with van der Waals surface area (Å²) in [7, 11) is 0. The second-order valence-corrected chi connectivity index (χ2v) is 10.9. The summed E-state index contributed by atoms with van der Waals surface area (Å²) in [5, 5.41) is 1.18. The Balaban J connectivity index is 1.74. The van der Waals surface area contributed by atoms with Crippen LogP contribution in [0.15, 0.2) is 54.6 Å². The molecule has 5 rings (SSSR count). The Morgan fingerprint density at radius 2 is 0.755 bits per heavy atom. The molecule has 3 aromatic carbocycles. The molecule has 0 aliphatic carbocycles. The predicted molar refractivity (Wildman–Crippen MR) is 172 cm³/mol. The maximum Gasteiger partial charge on any atom is 0.308 e. The third-order valence-electron chi connectivity index (χ3n) is 6.86. The molecule has 0 saturated heterocycles. The Kier molecular flexibility index (Phi) is 9.50. The van der Waals surface area contributed by atoms with Gasteiger partial charge >= 0.3 is 35.8 Å². The first-order chi connectivity index (χ1) is 23.2. The lowest BCUT2D eigenvalue weighted by Crippen LogP contribution is -2.09. The first-order valence-electron chi connectivity index (χ1n) is 14.7. The number of aromatic nitrogens is 2. The molecule has 0 amide bonds. The van der Waals surface area contributed by atoms with E-state index in [0.29, 0.717) is 38.8 Å². The van der Waals surface area contributed by atoms with Crippen molar-refractivity contribution in [1.82, 2.24) is 9.97 Å². The van der Waals surface area contributed by atoms with E-state index in [9.17, 15) is 28.8 Å². The topological polar surface area (TPSA) is 189 Å². The van der Waals surface area contributed by atoms with Crippen LogP contribution in [0.3, 0.4) is 0 Å². The van der Waals surface area contributed by atoms with Crippen molar-refractivity contribution in [3.8, 4) is 34.5 Å². The number of carbonyl (C=O) groups is 6. The van der Waals surface area contributed by atoms with E-state index in [-0.39, 0.29) is 34.5 Å². The molecule has 2 heterocycles. The minimum atomic E-state index is -0.677. The van der Waals surface area contributed by atoms with Crippen molar-refractivity contribution >= 4 is 57.6 Å². The number of rotatable bonds is 9. The first-order valence-corrected chi connectivity index (χ1v) is 14.7. The molecule has 252 valence electrons. The fourth-order valence-corrected chi connectivity index (χ4v) is 5.28. The maximum atomic E-state index is 12.0. The number of benzene rings is 3. The van der Waals surface area contributed by atoms with Crippen LogP contribution in [0, 0.1) is 0 Å². The highest BCUT2D eigenvalue weighted by molar-refractivity contribution is 5.89. The van der Waals surface area contributed by atoms with Crippen molar-refractivity contribution in [3.05, 3.63) is 71.5 Å². The van der Waals surface area contributed by atoms with E-state index in [1.54, 1.807) is 36.4 Å². The standard InChI is InChI=1S/C35H30N2O12/c1-16(38)44-29-8-7-22(11-30(29)45-17(2)39)35(27-9-23-12-31(46-18(3)40)33(48-20(5)42)14-25(23)36-27)28-10-24-13-32(47-19(4)41)34(49-21(6)43)15-26(24)37-28/h7-15,35-37H,1-6H3. The molecular weight excluding hydrogens is 640 g/mol. The first kappa shape index (κ1) is 33.9. The van der Waals surface area contributed by atoms with Gasteiger partial charge in [0.05, 0.1) is 5.92 Å². The Morgan fingerprint density at radius 1 is 0.429 bits per heavy atom. The Labute approximate surface area is 278 Å². The molecule has 0 fully saturated rings. The Bertz CT molecular complexity index is 1950. The molecule has 5 aromatic rings. The molecular formula is C35H30N2O12. The molecule has 0 saturated carbocycles. The highest BCUT2D eigenvalue weighted by atomic mass is 16.6. The Morgan fingerprint density at radius 3 is 1.12 bits per heavy atom. The van der Waals surface area contributed by atoms with Gasteiger partial charge < -0.3 is 38.4 Å². The normalized spacial score (nSPS) is 10.9. The minimum absolute atomic E-state index is 0.0130. The SMILES string of the molecule is CC(=O)Oc1ccc(C(c2cc3cc(OC(C)=O)c(OC(C)=O)cc3[nH]2)c2cc3cc(OC(C)=O)c(OC(C)=O)cc3[nH]2)cc1OC(C)=O. The fraction of sp³-hybridized carbons (Fsp3) is 0.200. The second-order valence-electron chi connectivity index (χ2n) is 10.9. The average molecular weight is 671 g/mol. The minimum Gasteiger partial charge on any atom is -0.423 e. The number of esters is 6. The molecule has 0 aliphatic heterocycles. The van der Waals surface area contributed by atoms with Gasteiger partial charge in [0, 0.05) is 86.9 Å². The smallest absolute Gasteiger partial charge is 0.308 e. The second kappa shape index (κ2) is 13.7. The summed E-state index contributed by atoms with van der Waals surface area (Å²) in [4.78, 5) is 77.8. The van der Waals surface area contributed by atoms with Gasteiger partial charge in [-0.15, -0.1) is 0 Å². The maximum absolute atomic E-state index is 12.0. The van der Waals surface area contributed by atoms with E-state index >= 15 is 0 Å². The summed E-state index contributed by atoms with van der Waals surface area (Å²) in [6.07, 6.45) is 0. The number of nitrogens with one attached hydrogen (secondary N) is 2. The van der Waals surface area contributed by atoms with Gasteiger partial charge in [-0.1, -0.05) is 6.07 Å². The van der Waals surface area contributed by atoms with Crippen LogP contribution in [0.1, 0.15) is 64.4 Å². The molecule has 0 atom stereocenters. The summed E-state index contributed by atoms with van der Waals surface area (Å²) >= 11 is 0. The zero-order valence-electron chi connectivity index (χ0n) is 27.2. The quantitative estimate of drug-likeness (QED) is 0.151. The predicted octanol–water partition coefficient (Wildman–Crippen LogP) is 5.38. The molecule has 14 heteroatoms. The lowest BCUT2D eigenvalue weighted by atomic mass is 9.92. The van der Waals surface area contributed by atoms with Crippen LogP contribution in [0.5, 0.6) is 34.5 Å². The molecule has 0 radical (unpaired) electrons. The molecule has 14 nitrogen and oxygen atoms in total. The van der Waals surface area contributed by atoms with E-state index in [1.165, 1.54) is 59.7 Å². The summed E-state index contributed by atoms with van der Waals surface area (Å²) in [6.45, 7) is 7.29. The number of ether oxygens (including phenoxy) is 6. The van der Waals surface area contributed by atoms with E-state index in [4.69, 9.17) is 28.4 Å². The largest absolute Gasteiger partial charge is 0.423 e. The highest BCUT2D eigenvalue weighted by Crippen LogP contribution is 2.42. The molecule has 0 bridgehead atoms. The van der Waals surface area contributed by atoms with Crippen LogP contribution in [0.25, 0.3) is 21.8 Å². The average Bonchev–Trinajstić information content (AvgIpc) is 3.56. The third kappa shape index (κ3) is 7.93. The van der Waals surface area contributed by atoms with Crippen LogP contribution < -0.4 is 28.4 Å². The van der Waals surface area contributed by atoms with Gasteiger partial charge in [0.15, 0.2) is 34.5 Å². The van der Waals surface area contributed by atoms with Gasteiger partial charge in [0.1, 0.15) is 0 Å². The van der Waals surface area contributed by atoms with Gasteiger partial charge in [0.2, 0.25) is 0 Å². The summed E-state index contributed by atoms with van der Waals surface area (Å²) in [5.74, 6) is -4.33. The number of hydrogen-bond donors (Lipinski definition) is 2. The summed E-state index contributed by atoms with van der Waals surface area (Å²) in [6, 6.07) is 14.4. The van der Waals surface area contributed by atoms with E-state index < -0.39 is 41.7 Å². The van der Waals surface area contributed by atoms with Crippen LogP contribution >= 0.6 is 0 Å². The number of aromatic amines is 2. The van der Waals surface area contributed by atoms with Gasteiger partial charge in [-0.05, 0) is 42.0 Å². The molecule has 0 spiro atoms. The summed E-state index contributed by atoms with van der Waals surface area (Å²) < 4.78 is 31.9. The lowest BCUT2D eigenvalue weighted by molar-refractivity contribution is -0.134. The van der Waals surface area contributed by atoms with Crippen molar-refractivity contribution in [2.24, 2.45) is 0 Å². The van der Waals surface area contributed by atoms with Crippen LogP contribution in [0.2, 0.25) is 0 Å². The fourth-order valence-electron chi connectivity index (χ4n) is 5.28. The van der Waals surface area contributed by atoms with Gasteiger partial charge in [-0.25, -0.2) is 0 Å². The van der Waals surface area contributed by atoms with Crippen LogP contribution in [-0.2, 0) is 28.8 Å². The monoisotopic (exact) mass is 670 g/mol. The van der Waals surface area contributed by atoms with E-state index in [2.05, 4.69) is 9.97 Å². The van der Waals surface area contributed by atoms with Crippen molar-refractivity contribution in [1.29, 1.82) is 0 Å². The molecule has 2 aromatic heterocycles. The van der Waals surface area contributed by atoms with Gasteiger partial charge in [0.25, 0.3) is 0 Å². The lowest BCUT2D eigenvalue weighted by Gasteiger charge is -2.18. The number of hydrogen-bond acceptors (Lipinski definition) is 12. The van der Waals surface area contributed by atoms with Crippen LogP contribution in [-0.4, -0.2) is 45.8 Å². The molecule has 49 heavy (non-hydrogen) atoms. The number of carbonyl (C=O) groups excluding carboxylic acids is 6. The highest BCUT2D eigenvalue weighted by Gasteiger charge is 2.26. The molecule has 2 N–H and O–H groups in total. The number of fused-ring (bicyclic) bond motifs is 2. The van der Waals surface area contributed by atoms with Gasteiger partial charge in [-0.2, -0.15) is 0 Å². The third-order valence-corrected chi connectivity index (χ3v) is 6.86. The van der Waals surface area contributed by atoms with Crippen molar-refractivity contribution in [3.63, 3.8) is 0 Å². The zero-order chi connectivity index (χ0) is 35.6. The van der Waals surface area contributed by atoms with Gasteiger partial charge in [-0.3, -0.25) is 28.8 Å². The van der Waals surface area contributed by atoms with Crippen molar-refractivity contribution < 1.29 is 57.2 Å². The van der Waals surface area contributed by atoms with Crippen molar-refractivity contribution in [2.45, 2.75) is 47.5 Å². The summed E-state index contributed by atoms with van der Waals surface area (Å²) in [5.41, 5.74) is 2.75. The zero-order valence-corrected chi connectivity index (χ0v) is 27.2. The van der Waals surface area contributed by atoms with Crippen molar-refractivity contribution in [2.75, 3.05) is 0 Å². The molecule has 0 unspecified atom stereocenters.